The molecule has 4 heteroatoms. The van der Waals surface area contributed by atoms with Crippen LogP contribution < -0.4 is 0 Å². The summed E-state index contributed by atoms with van der Waals surface area (Å²) >= 11 is 0. The predicted octanol–water partition coefficient (Wildman–Crippen LogP) is 5.51. The Morgan fingerprint density at radius 1 is 0.968 bits per heavy atom. The molecule has 2 aromatic carbocycles. The van der Waals surface area contributed by atoms with E-state index in [1.54, 1.807) is 0 Å². The van der Waals surface area contributed by atoms with Gasteiger partial charge in [-0.1, -0.05) is 55.5 Å². The zero-order chi connectivity index (χ0) is 22.4. The van der Waals surface area contributed by atoms with Crippen molar-refractivity contribution in [2.24, 2.45) is 0 Å². The van der Waals surface area contributed by atoms with E-state index in [1.165, 1.54) is 11.8 Å². The lowest BCUT2D eigenvalue weighted by Gasteiger charge is -2.20. The lowest BCUT2D eigenvalue weighted by atomic mass is 10.1. The molecule has 0 spiro atoms. The Balaban J connectivity index is 1.87. The molecule has 0 unspecified atom stereocenters. The van der Waals surface area contributed by atoms with Gasteiger partial charge in [-0.15, -0.1) is 0 Å². The van der Waals surface area contributed by atoms with Gasteiger partial charge in [0.1, 0.15) is 0 Å². The van der Waals surface area contributed by atoms with E-state index in [-0.39, 0.29) is 11.8 Å². The molecule has 3 rings (SSSR count). The molecule has 3 aromatic rings. The maximum Gasteiger partial charge on any atom is 0.256 e. The molecule has 0 bridgehead atoms. The molecular weight excluding hydrogens is 384 g/mol. The second-order valence-corrected chi connectivity index (χ2v) is 7.73. The summed E-state index contributed by atoms with van der Waals surface area (Å²) in [4.78, 5) is 26.9. The average molecular weight is 415 g/mol. The highest BCUT2D eigenvalue weighted by atomic mass is 16.2. The van der Waals surface area contributed by atoms with Crippen molar-refractivity contribution in [3.63, 3.8) is 0 Å². The normalized spacial score (nSPS) is 11.4. The quantitative estimate of drug-likeness (QED) is 0.479. The van der Waals surface area contributed by atoms with Crippen molar-refractivity contribution in [2.75, 3.05) is 6.54 Å². The number of aryl methyl sites for hydroxylation is 1. The van der Waals surface area contributed by atoms with Gasteiger partial charge in [0.05, 0.1) is 0 Å². The lowest BCUT2D eigenvalue weighted by Crippen LogP contribution is -2.37. The van der Waals surface area contributed by atoms with E-state index in [2.05, 4.69) is 36.6 Å². The molecule has 0 saturated heterocycles. The Hall–Kier alpha value is -3.40. The largest absolute Gasteiger partial charge is 0.318 e. The maximum atomic E-state index is 13.2. The molecule has 31 heavy (non-hydrogen) atoms. The number of benzene rings is 2. The Morgan fingerprint density at radius 3 is 2.16 bits per heavy atom. The molecule has 4 nitrogen and oxygen atoms in total. The standard InChI is InChI=1S/C27H30N2O2/c1-5-24(27(31)28(22(4)30)17-16-23-12-8-6-9-13-23)19-25-18-20(2)29(21(25)3)26-14-10-7-11-15-26/h6-15,18-19H,5,16-17H2,1-4H3. The molecule has 0 N–H and O–H groups in total. The summed E-state index contributed by atoms with van der Waals surface area (Å²) in [6, 6.07) is 22.2. The smallest absolute Gasteiger partial charge is 0.256 e. The number of para-hydroxylation sites is 1. The van der Waals surface area contributed by atoms with Gasteiger partial charge >= 0.3 is 0 Å². The number of amides is 2. The van der Waals surface area contributed by atoms with Crippen LogP contribution in [0.2, 0.25) is 0 Å². The van der Waals surface area contributed by atoms with Crippen molar-refractivity contribution < 1.29 is 9.59 Å². The number of rotatable bonds is 7. The van der Waals surface area contributed by atoms with Crippen LogP contribution >= 0.6 is 0 Å². The first-order valence-corrected chi connectivity index (χ1v) is 10.7. The van der Waals surface area contributed by atoms with Gasteiger partial charge < -0.3 is 4.57 Å². The fraction of sp³-hybridized carbons (Fsp3) is 0.259. The third-order valence-corrected chi connectivity index (χ3v) is 5.56. The van der Waals surface area contributed by atoms with Gasteiger partial charge in [0, 0.05) is 36.1 Å². The van der Waals surface area contributed by atoms with E-state index in [4.69, 9.17) is 0 Å². The zero-order valence-electron chi connectivity index (χ0n) is 18.8. The molecule has 1 heterocycles. The van der Waals surface area contributed by atoms with E-state index in [0.717, 1.165) is 28.2 Å². The minimum atomic E-state index is -0.227. The first-order chi connectivity index (χ1) is 14.9. The first kappa shape index (κ1) is 22.3. The Bertz CT molecular complexity index is 1080. The summed E-state index contributed by atoms with van der Waals surface area (Å²) in [6.07, 6.45) is 3.14. The Kier molecular flexibility index (Phi) is 7.24. The number of carbonyl (C=O) groups is 2. The number of nitrogens with zero attached hydrogens (tertiary/aromatic N) is 2. The molecule has 0 aliphatic rings. The fourth-order valence-corrected chi connectivity index (χ4v) is 3.87. The highest BCUT2D eigenvalue weighted by Crippen LogP contribution is 2.24. The molecule has 1 aromatic heterocycles. The van der Waals surface area contributed by atoms with Gasteiger partial charge in [-0.3, -0.25) is 14.5 Å². The topological polar surface area (TPSA) is 42.3 Å². The Morgan fingerprint density at radius 2 is 1.58 bits per heavy atom. The second kappa shape index (κ2) is 10.1. The summed E-state index contributed by atoms with van der Waals surface area (Å²) in [7, 11) is 0. The second-order valence-electron chi connectivity index (χ2n) is 7.73. The fourth-order valence-electron chi connectivity index (χ4n) is 3.87. The summed E-state index contributed by atoms with van der Waals surface area (Å²) in [5.41, 5.74) is 6.01. The number of aromatic nitrogens is 1. The predicted molar refractivity (Wildman–Crippen MR) is 126 cm³/mol. The van der Waals surface area contributed by atoms with Crippen molar-refractivity contribution in [1.29, 1.82) is 0 Å². The molecule has 0 atom stereocenters. The molecule has 0 radical (unpaired) electrons. The van der Waals surface area contributed by atoms with Gasteiger partial charge in [0.25, 0.3) is 5.91 Å². The highest BCUT2D eigenvalue weighted by Gasteiger charge is 2.21. The van der Waals surface area contributed by atoms with Crippen LogP contribution in [-0.4, -0.2) is 27.8 Å². The first-order valence-electron chi connectivity index (χ1n) is 10.7. The van der Waals surface area contributed by atoms with Crippen molar-refractivity contribution in [2.45, 2.75) is 40.5 Å². The highest BCUT2D eigenvalue weighted by molar-refractivity contribution is 6.06. The molecule has 160 valence electrons. The van der Waals surface area contributed by atoms with Crippen LogP contribution in [0, 0.1) is 13.8 Å². The average Bonchev–Trinajstić information content (AvgIpc) is 3.05. The molecule has 2 amide bonds. The summed E-state index contributed by atoms with van der Waals surface area (Å²) in [5.74, 6) is -0.439. The molecule has 0 aliphatic heterocycles. The number of carbonyl (C=O) groups excluding carboxylic acids is 2. The minimum Gasteiger partial charge on any atom is -0.318 e. The molecule has 0 saturated carbocycles. The van der Waals surface area contributed by atoms with Gasteiger partial charge in [-0.05, 0) is 62.1 Å². The van der Waals surface area contributed by atoms with E-state index in [1.807, 2.05) is 61.5 Å². The monoisotopic (exact) mass is 414 g/mol. The van der Waals surface area contributed by atoms with Gasteiger partial charge in [-0.25, -0.2) is 0 Å². The number of imide groups is 1. The zero-order valence-corrected chi connectivity index (χ0v) is 18.8. The minimum absolute atomic E-state index is 0.213. The van der Waals surface area contributed by atoms with Crippen LogP contribution in [0.25, 0.3) is 11.8 Å². The van der Waals surface area contributed by atoms with Crippen LogP contribution in [0.5, 0.6) is 0 Å². The third-order valence-electron chi connectivity index (χ3n) is 5.56. The van der Waals surface area contributed by atoms with E-state index in [0.29, 0.717) is 25.0 Å². The van der Waals surface area contributed by atoms with Crippen LogP contribution in [0.4, 0.5) is 0 Å². The van der Waals surface area contributed by atoms with Crippen LogP contribution in [0.1, 0.15) is 42.8 Å². The number of hydrogen-bond donors (Lipinski definition) is 0. The van der Waals surface area contributed by atoms with E-state index < -0.39 is 0 Å². The van der Waals surface area contributed by atoms with Crippen LogP contribution in [-0.2, 0) is 16.0 Å². The Labute approximate surface area is 184 Å². The van der Waals surface area contributed by atoms with Crippen LogP contribution in [0.3, 0.4) is 0 Å². The number of hydrogen-bond acceptors (Lipinski definition) is 2. The van der Waals surface area contributed by atoms with Crippen molar-refractivity contribution in [1.82, 2.24) is 9.47 Å². The van der Waals surface area contributed by atoms with E-state index >= 15 is 0 Å². The van der Waals surface area contributed by atoms with Crippen LogP contribution in [0.15, 0.2) is 72.3 Å². The molecule has 0 fully saturated rings. The SMILES string of the molecule is CCC(=Cc1cc(C)n(-c2ccccc2)c1C)C(=O)N(CCc1ccccc1)C(C)=O. The maximum absolute atomic E-state index is 13.2. The summed E-state index contributed by atoms with van der Waals surface area (Å²) in [6.45, 7) is 7.90. The molecule has 0 aliphatic carbocycles. The van der Waals surface area contributed by atoms with Crippen molar-refractivity contribution in [3.8, 4) is 5.69 Å². The summed E-state index contributed by atoms with van der Waals surface area (Å²) < 4.78 is 2.18. The van der Waals surface area contributed by atoms with Gasteiger partial charge in [0.2, 0.25) is 5.91 Å². The molecular formula is C27H30N2O2. The van der Waals surface area contributed by atoms with Crippen molar-refractivity contribution >= 4 is 17.9 Å². The lowest BCUT2D eigenvalue weighted by molar-refractivity contribution is -0.141. The van der Waals surface area contributed by atoms with Gasteiger partial charge in [0.15, 0.2) is 0 Å². The third kappa shape index (κ3) is 5.21. The van der Waals surface area contributed by atoms with Crippen molar-refractivity contribution in [3.05, 3.63) is 94.8 Å². The van der Waals surface area contributed by atoms with Gasteiger partial charge in [-0.2, -0.15) is 0 Å². The van der Waals surface area contributed by atoms with E-state index in [9.17, 15) is 9.59 Å². The summed E-state index contributed by atoms with van der Waals surface area (Å²) in [5, 5.41) is 0.